The maximum atomic E-state index is 12.8. The Hall–Kier alpha value is -2.20. The van der Waals surface area contributed by atoms with Crippen molar-refractivity contribution in [1.29, 1.82) is 0 Å². The largest absolute Gasteiger partial charge is 0.383 e. The number of hydrogen-bond acceptors (Lipinski definition) is 6. The number of amides is 1. The summed E-state index contributed by atoms with van der Waals surface area (Å²) in [6, 6.07) is 4.03. The first-order chi connectivity index (χ1) is 11.7. The van der Waals surface area contributed by atoms with E-state index >= 15 is 0 Å². The molecule has 1 aromatic rings. The second-order valence-corrected chi connectivity index (χ2v) is 7.84. The fourth-order valence-corrected chi connectivity index (χ4v) is 3.42. The number of nitro benzene ring substituents is 1. The van der Waals surface area contributed by atoms with Crippen LogP contribution in [0.1, 0.15) is 29.6 Å². The van der Waals surface area contributed by atoms with Crippen molar-refractivity contribution in [2.45, 2.75) is 25.3 Å². The van der Waals surface area contributed by atoms with Gasteiger partial charge in [0.1, 0.15) is 5.69 Å². The molecule has 0 spiro atoms. The highest BCUT2D eigenvalue weighted by Gasteiger charge is 2.29. The molecule has 1 aliphatic rings. The zero-order valence-corrected chi connectivity index (χ0v) is 15.0. The van der Waals surface area contributed by atoms with Crippen molar-refractivity contribution >= 4 is 27.3 Å². The fourth-order valence-electron chi connectivity index (χ4n) is 2.92. The highest BCUT2D eigenvalue weighted by atomic mass is 32.2. The van der Waals surface area contributed by atoms with Crippen LogP contribution in [0, 0.1) is 10.1 Å². The molecule has 1 unspecified atom stereocenters. The van der Waals surface area contributed by atoms with Gasteiger partial charge in [0.05, 0.1) is 11.2 Å². The molecule has 0 aliphatic carbocycles. The first-order valence-electron chi connectivity index (χ1n) is 7.94. The molecule has 2 rings (SSSR count). The Labute approximate surface area is 146 Å². The van der Waals surface area contributed by atoms with E-state index in [9.17, 15) is 23.3 Å². The van der Waals surface area contributed by atoms with Crippen molar-refractivity contribution in [1.82, 2.24) is 9.62 Å². The molecule has 138 valence electrons. The van der Waals surface area contributed by atoms with E-state index in [0.29, 0.717) is 18.7 Å². The Kier molecular flexibility index (Phi) is 5.96. The lowest BCUT2D eigenvalue weighted by molar-refractivity contribution is -0.384. The predicted molar refractivity (Wildman–Crippen MR) is 94.2 cm³/mol. The van der Waals surface area contributed by atoms with E-state index in [0.717, 1.165) is 19.1 Å². The zero-order valence-electron chi connectivity index (χ0n) is 14.2. The average Bonchev–Trinajstić information content (AvgIpc) is 2.58. The topological polar surface area (TPSA) is 122 Å². The van der Waals surface area contributed by atoms with Gasteiger partial charge in [-0.15, -0.1) is 0 Å². The molecule has 9 nitrogen and oxygen atoms in total. The van der Waals surface area contributed by atoms with Crippen molar-refractivity contribution < 1.29 is 18.1 Å². The van der Waals surface area contributed by atoms with Crippen LogP contribution in [0.4, 0.5) is 11.4 Å². The van der Waals surface area contributed by atoms with Crippen LogP contribution < -0.4 is 10.0 Å². The van der Waals surface area contributed by atoms with Gasteiger partial charge < -0.3 is 10.2 Å². The van der Waals surface area contributed by atoms with E-state index in [1.54, 1.807) is 11.9 Å². The van der Waals surface area contributed by atoms with Gasteiger partial charge in [-0.2, -0.15) is 0 Å². The van der Waals surface area contributed by atoms with E-state index < -0.39 is 14.9 Å². The third-order valence-corrected chi connectivity index (χ3v) is 4.87. The number of piperidine rings is 1. The summed E-state index contributed by atoms with van der Waals surface area (Å²) in [5, 5.41) is 13.9. The molecule has 1 aromatic carbocycles. The highest BCUT2D eigenvalue weighted by Crippen LogP contribution is 2.27. The summed E-state index contributed by atoms with van der Waals surface area (Å²) in [4.78, 5) is 25.0. The molecule has 1 saturated heterocycles. The van der Waals surface area contributed by atoms with Crippen LogP contribution >= 0.6 is 0 Å². The Bertz CT molecular complexity index is 765. The number of hydrogen-bond donors (Lipinski definition) is 2. The minimum Gasteiger partial charge on any atom is -0.383 e. The number of sulfonamides is 1. The number of nitrogens with zero attached hydrogens (tertiary/aromatic N) is 2. The van der Waals surface area contributed by atoms with Gasteiger partial charge in [0.25, 0.3) is 11.6 Å². The molecule has 10 heteroatoms. The Morgan fingerprint density at radius 1 is 1.40 bits per heavy atom. The lowest BCUT2D eigenvalue weighted by atomic mass is 10.0. The molecule has 1 amide bonds. The molecule has 1 atom stereocenters. The summed E-state index contributed by atoms with van der Waals surface area (Å²) in [6.07, 6.45) is 3.48. The molecule has 0 bridgehead atoms. The van der Waals surface area contributed by atoms with Gasteiger partial charge in [0.15, 0.2) is 0 Å². The normalized spacial score (nSPS) is 18.0. The van der Waals surface area contributed by atoms with Crippen LogP contribution in [0.25, 0.3) is 0 Å². The van der Waals surface area contributed by atoms with Crippen molar-refractivity contribution in [2.24, 2.45) is 0 Å². The van der Waals surface area contributed by atoms with Crippen LogP contribution in [0.15, 0.2) is 18.2 Å². The first-order valence-corrected chi connectivity index (χ1v) is 9.84. The van der Waals surface area contributed by atoms with Crippen LogP contribution in [0.3, 0.4) is 0 Å². The Morgan fingerprint density at radius 3 is 2.72 bits per heavy atom. The molecule has 25 heavy (non-hydrogen) atoms. The Morgan fingerprint density at radius 2 is 2.12 bits per heavy atom. The lowest BCUT2D eigenvalue weighted by Crippen LogP contribution is -2.49. The number of carbonyl (C=O) groups excluding carboxylic acids is 1. The number of likely N-dealkylation sites (tertiary alicyclic amines) is 1. The molecule has 1 fully saturated rings. The third kappa shape index (κ3) is 4.89. The van der Waals surface area contributed by atoms with Crippen LogP contribution in [-0.2, 0) is 10.0 Å². The van der Waals surface area contributed by atoms with E-state index in [1.807, 2.05) is 0 Å². The van der Waals surface area contributed by atoms with E-state index in [2.05, 4.69) is 10.0 Å². The van der Waals surface area contributed by atoms with E-state index in [1.165, 1.54) is 18.2 Å². The van der Waals surface area contributed by atoms with Crippen LogP contribution in [0.2, 0.25) is 0 Å². The molecule has 0 saturated carbocycles. The summed E-state index contributed by atoms with van der Waals surface area (Å²) in [6.45, 7) is 0.637. The molecule has 1 aliphatic heterocycles. The summed E-state index contributed by atoms with van der Waals surface area (Å²) in [5.41, 5.74) is 0.378. The number of rotatable bonds is 6. The fraction of sp³-hybridized carbons (Fsp3) is 0.533. The zero-order chi connectivity index (χ0) is 18.6. The van der Waals surface area contributed by atoms with Gasteiger partial charge in [-0.05, 0) is 31.4 Å². The van der Waals surface area contributed by atoms with Crippen LogP contribution in [-0.4, -0.2) is 56.6 Å². The van der Waals surface area contributed by atoms with Gasteiger partial charge in [-0.25, -0.2) is 13.1 Å². The molecular weight excluding hydrogens is 348 g/mol. The SMILES string of the molecule is CNc1ccc(C(=O)N2CCCCC2CNS(C)(=O)=O)cc1[N+](=O)[O-]. The quantitative estimate of drug-likeness (QED) is 0.573. The van der Waals surface area contributed by atoms with Crippen molar-refractivity contribution in [3.8, 4) is 0 Å². The third-order valence-electron chi connectivity index (χ3n) is 4.18. The summed E-state index contributed by atoms with van der Waals surface area (Å²) >= 11 is 0. The second-order valence-electron chi connectivity index (χ2n) is 6.01. The van der Waals surface area contributed by atoms with Gasteiger partial charge in [0, 0.05) is 37.8 Å². The standard InChI is InChI=1S/C15H22N4O5S/c1-16-13-7-6-11(9-14(13)19(21)22)15(20)18-8-4-3-5-12(18)10-17-25(2,23)24/h6-7,9,12,16-17H,3-5,8,10H2,1-2H3. The maximum absolute atomic E-state index is 12.8. The number of nitrogens with one attached hydrogen (secondary N) is 2. The number of anilines is 1. The van der Waals surface area contributed by atoms with Gasteiger partial charge >= 0.3 is 0 Å². The van der Waals surface area contributed by atoms with Gasteiger partial charge in [-0.1, -0.05) is 0 Å². The second kappa shape index (κ2) is 7.79. The lowest BCUT2D eigenvalue weighted by Gasteiger charge is -2.35. The average molecular weight is 370 g/mol. The predicted octanol–water partition coefficient (Wildman–Crippen LogP) is 1.18. The monoisotopic (exact) mass is 370 g/mol. The summed E-state index contributed by atoms with van der Waals surface area (Å²) in [7, 11) is -1.78. The molecule has 0 radical (unpaired) electrons. The number of nitro groups is 1. The maximum Gasteiger partial charge on any atom is 0.293 e. The van der Waals surface area contributed by atoms with E-state index in [-0.39, 0.29) is 29.7 Å². The first kappa shape index (κ1) is 19.1. The molecule has 1 heterocycles. The number of carbonyl (C=O) groups is 1. The van der Waals surface area contributed by atoms with Crippen molar-refractivity contribution in [2.75, 3.05) is 31.7 Å². The molecule has 2 N–H and O–H groups in total. The smallest absolute Gasteiger partial charge is 0.293 e. The van der Waals surface area contributed by atoms with Gasteiger partial charge in [0.2, 0.25) is 10.0 Å². The minimum absolute atomic E-state index is 0.140. The van der Waals surface area contributed by atoms with Crippen LogP contribution in [0.5, 0.6) is 0 Å². The van der Waals surface area contributed by atoms with Crippen molar-refractivity contribution in [3.05, 3.63) is 33.9 Å². The number of benzene rings is 1. The summed E-state index contributed by atoms with van der Waals surface area (Å²) in [5.74, 6) is -0.328. The summed E-state index contributed by atoms with van der Waals surface area (Å²) < 4.78 is 25.1. The minimum atomic E-state index is -3.35. The molecule has 0 aromatic heterocycles. The van der Waals surface area contributed by atoms with E-state index in [4.69, 9.17) is 0 Å². The van der Waals surface area contributed by atoms with Crippen molar-refractivity contribution in [3.63, 3.8) is 0 Å². The Balaban J connectivity index is 2.24. The van der Waals surface area contributed by atoms with Gasteiger partial charge in [-0.3, -0.25) is 14.9 Å². The highest BCUT2D eigenvalue weighted by molar-refractivity contribution is 7.88. The molecular formula is C15H22N4O5S.